The van der Waals surface area contributed by atoms with Gasteiger partial charge in [-0.15, -0.1) is 0 Å². The summed E-state index contributed by atoms with van der Waals surface area (Å²) in [6.07, 6.45) is 2.43. The molecule has 2 rings (SSSR count). The van der Waals surface area contributed by atoms with Crippen LogP contribution in [0.25, 0.3) is 0 Å². The molecule has 1 aromatic rings. The molecule has 1 heterocycles. The van der Waals surface area contributed by atoms with Crippen molar-refractivity contribution in [1.29, 1.82) is 0 Å². The van der Waals surface area contributed by atoms with Crippen LogP contribution in [0.5, 0.6) is 0 Å². The van der Waals surface area contributed by atoms with Gasteiger partial charge in [-0.3, -0.25) is 0 Å². The maximum atomic E-state index is 5.78. The van der Waals surface area contributed by atoms with Crippen LogP contribution in [0.15, 0.2) is 28.7 Å². The van der Waals surface area contributed by atoms with Crippen molar-refractivity contribution in [2.24, 2.45) is 5.41 Å². The van der Waals surface area contributed by atoms with Crippen molar-refractivity contribution in [2.75, 3.05) is 39.9 Å². The van der Waals surface area contributed by atoms with E-state index in [0.717, 1.165) is 43.9 Å². The Bertz CT molecular complexity index is 415. The lowest BCUT2D eigenvalue weighted by molar-refractivity contribution is -0.0234. The van der Waals surface area contributed by atoms with Crippen LogP contribution in [-0.2, 0) is 11.3 Å². The molecule has 0 radical (unpaired) electrons. The van der Waals surface area contributed by atoms with Gasteiger partial charge in [0.1, 0.15) is 0 Å². The Kier molecular flexibility index (Phi) is 6.68. The number of benzene rings is 1. The van der Waals surface area contributed by atoms with Crippen LogP contribution in [0.4, 0.5) is 0 Å². The fraction of sp³-hybridized carbons (Fsp3) is 0.647. The Balaban J connectivity index is 1.93. The summed E-state index contributed by atoms with van der Waals surface area (Å²) in [6, 6.07) is 8.60. The Hall–Kier alpha value is -0.420. The molecule has 1 unspecified atom stereocenters. The molecule has 0 aromatic heterocycles. The summed E-state index contributed by atoms with van der Waals surface area (Å²) in [5.41, 5.74) is 1.62. The summed E-state index contributed by atoms with van der Waals surface area (Å²) in [4.78, 5) is 2.43. The van der Waals surface area contributed by atoms with Gasteiger partial charge in [-0.1, -0.05) is 35.0 Å². The molecule has 3 nitrogen and oxygen atoms in total. The predicted molar refractivity (Wildman–Crippen MR) is 91.5 cm³/mol. The van der Waals surface area contributed by atoms with Gasteiger partial charge < -0.3 is 15.0 Å². The van der Waals surface area contributed by atoms with E-state index in [1.54, 1.807) is 0 Å². The van der Waals surface area contributed by atoms with Crippen LogP contribution in [-0.4, -0.2) is 44.8 Å². The van der Waals surface area contributed by atoms with Crippen LogP contribution in [0.3, 0.4) is 0 Å². The maximum Gasteiger partial charge on any atom is 0.0546 e. The predicted octanol–water partition coefficient (Wildman–Crippen LogP) is 3.29. The fourth-order valence-corrected chi connectivity index (χ4v) is 3.41. The fourth-order valence-electron chi connectivity index (χ4n) is 3.15. The minimum Gasteiger partial charge on any atom is -0.381 e. The number of rotatable bonds is 7. The Labute approximate surface area is 137 Å². The summed E-state index contributed by atoms with van der Waals surface area (Å²) >= 11 is 3.49. The monoisotopic (exact) mass is 354 g/mol. The molecule has 0 amide bonds. The van der Waals surface area contributed by atoms with Crippen molar-refractivity contribution in [2.45, 2.75) is 26.3 Å². The highest BCUT2D eigenvalue weighted by Crippen LogP contribution is 2.29. The number of halogens is 1. The smallest absolute Gasteiger partial charge is 0.0546 e. The van der Waals surface area contributed by atoms with Gasteiger partial charge in [0.05, 0.1) is 6.61 Å². The summed E-state index contributed by atoms with van der Waals surface area (Å²) in [5.74, 6) is 0. The van der Waals surface area contributed by atoms with E-state index >= 15 is 0 Å². The van der Waals surface area contributed by atoms with Gasteiger partial charge in [-0.2, -0.15) is 0 Å². The minimum absolute atomic E-state index is 0.262. The highest BCUT2D eigenvalue weighted by atomic mass is 79.9. The quantitative estimate of drug-likeness (QED) is 0.812. The molecule has 0 aliphatic carbocycles. The summed E-state index contributed by atoms with van der Waals surface area (Å²) in [7, 11) is 2.21. The van der Waals surface area contributed by atoms with Gasteiger partial charge in [0.2, 0.25) is 0 Å². The number of nitrogens with zero attached hydrogens (tertiary/aromatic N) is 1. The molecule has 118 valence electrons. The van der Waals surface area contributed by atoms with Crippen molar-refractivity contribution in [3.05, 3.63) is 34.3 Å². The molecule has 4 heteroatoms. The molecule has 1 saturated heterocycles. The number of ether oxygens (including phenoxy) is 1. The SMILES string of the molecule is CCNCC1(CN(C)Cc2ccc(Br)cc2)CCCOC1. The van der Waals surface area contributed by atoms with E-state index in [-0.39, 0.29) is 5.41 Å². The molecule has 1 aliphatic rings. The maximum absolute atomic E-state index is 5.78. The number of nitrogens with one attached hydrogen (secondary N) is 1. The molecule has 1 fully saturated rings. The topological polar surface area (TPSA) is 24.5 Å². The van der Waals surface area contributed by atoms with Gasteiger partial charge in [0, 0.05) is 36.1 Å². The number of hydrogen-bond donors (Lipinski definition) is 1. The van der Waals surface area contributed by atoms with Crippen LogP contribution in [0, 0.1) is 5.41 Å². The second-order valence-electron chi connectivity index (χ2n) is 6.24. The molecule has 1 N–H and O–H groups in total. The molecule has 1 atom stereocenters. The third-order valence-electron chi connectivity index (χ3n) is 4.13. The highest BCUT2D eigenvalue weighted by Gasteiger charge is 2.33. The van der Waals surface area contributed by atoms with E-state index in [2.05, 4.69) is 64.4 Å². The third kappa shape index (κ3) is 5.37. The van der Waals surface area contributed by atoms with Gasteiger partial charge >= 0.3 is 0 Å². The molecule has 1 aromatic carbocycles. The first kappa shape index (κ1) is 16.9. The summed E-state index contributed by atoms with van der Waals surface area (Å²) in [5, 5.41) is 3.52. The first-order valence-electron chi connectivity index (χ1n) is 7.85. The van der Waals surface area contributed by atoms with Crippen molar-refractivity contribution in [3.63, 3.8) is 0 Å². The summed E-state index contributed by atoms with van der Waals surface area (Å²) in [6.45, 7) is 8.11. The van der Waals surface area contributed by atoms with E-state index in [1.807, 2.05) is 0 Å². The zero-order valence-corrected chi connectivity index (χ0v) is 14.8. The van der Waals surface area contributed by atoms with Crippen molar-refractivity contribution in [3.8, 4) is 0 Å². The zero-order valence-electron chi connectivity index (χ0n) is 13.2. The largest absolute Gasteiger partial charge is 0.381 e. The van der Waals surface area contributed by atoms with Gasteiger partial charge in [-0.25, -0.2) is 0 Å². The summed E-state index contributed by atoms with van der Waals surface area (Å²) < 4.78 is 6.91. The molecule has 0 spiro atoms. The second-order valence-corrected chi connectivity index (χ2v) is 7.15. The van der Waals surface area contributed by atoms with E-state index in [4.69, 9.17) is 4.74 Å². The Morgan fingerprint density at radius 2 is 2.10 bits per heavy atom. The lowest BCUT2D eigenvalue weighted by Gasteiger charge is -2.40. The van der Waals surface area contributed by atoms with E-state index in [0.29, 0.717) is 0 Å². The lowest BCUT2D eigenvalue weighted by atomic mass is 9.81. The van der Waals surface area contributed by atoms with Crippen molar-refractivity contribution >= 4 is 15.9 Å². The third-order valence-corrected chi connectivity index (χ3v) is 4.65. The van der Waals surface area contributed by atoms with Crippen LogP contribution < -0.4 is 5.32 Å². The van der Waals surface area contributed by atoms with E-state index < -0.39 is 0 Å². The first-order chi connectivity index (χ1) is 10.1. The molecule has 21 heavy (non-hydrogen) atoms. The molecule has 0 saturated carbocycles. The molecular formula is C17H27BrN2O. The molecule has 0 bridgehead atoms. The lowest BCUT2D eigenvalue weighted by Crippen LogP contribution is -2.48. The van der Waals surface area contributed by atoms with Gasteiger partial charge in [-0.05, 0) is 44.1 Å². The highest BCUT2D eigenvalue weighted by molar-refractivity contribution is 9.10. The van der Waals surface area contributed by atoms with Gasteiger partial charge in [0.25, 0.3) is 0 Å². The minimum atomic E-state index is 0.262. The van der Waals surface area contributed by atoms with Crippen molar-refractivity contribution < 1.29 is 4.74 Å². The van der Waals surface area contributed by atoms with Crippen LogP contribution in [0.1, 0.15) is 25.3 Å². The average Bonchev–Trinajstić information content (AvgIpc) is 2.48. The normalized spacial score (nSPS) is 22.7. The average molecular weight is 355 g/mol. The van der Waals surface area contributed by atoms with Gasteiger partial charge in [0.15, 0.2) is 0 Å². The first-order valence-corrected chi connectivity index (χ1v) is 8.64. The second kappa shape index (κ2) is 8.28. The van der Waals surface area contributed by atoms with Crippen LogP contribution in [0.2, 0.25) is 0 Å². The van der Waals surface area contributed by atoms with E-state index in [1.165, 1.54) is 18.4 Å². The zero-order chi connectivity index (χ0) is 15.1. The Morgan fingerprint density at radius 3 is 2.71 bits per heavy atom. The van der Waals surface area contributed by atoms with Crippen LogP contribution >= 0.6 is 15.9 Å². The molecular weight excluding hydrogens is 328 g/mol. The van der Waals surface area contributed by atoms with Crippen molar-refractivity contribution in [1.82, 2.24) is 10.2 Å². The molecule has 1 aliphatic heterocycles. The van der Waals surface area contributed by atoms with E-state index in [9.17, 15) is 0 Å². The standard InChI is InChI=1S/C17H27BrN2O/c1-3-19-12-17(9-4-10-21-14-17)13-20(2)11-15-5-7-16(18)8-6-15/h5-8,19H,3-4,9-14H2,1-2H3. The number of hydrogen-bond acceptors (Lipinski definition) is 3. The Morgan fingerprint density at radius 1 is 1.33 bits per heavy atom.